The zero-order valence-electron chi connectivity index (χ0n) is 15.8. The number of aromatic nitrogens is 2. The van der Waals surface area contributed by atoms with Crippen molar-refractivity contribution in [1.29, 1.82) is 0 Å². The average molecular weight is 377 g/mol. The van der Waals surface area contributed by atoms with Crippen LogP contribution in [0.4, 0.5) is 5.69 Å². The van der Waals surface area contributed by atoms with Crippen LogP contribution in [0.3, 0.4) is 0 Å². The van der Waals surface area contributed by atoms with E-state index in [0.717, 1.165) is 22.6 Å². The first-order valence-electron chi connectivity index (χ1n) is 9.00. The fourth-order valence-electron chi connectivity index (χ4n) is 2.82. The van der Waals surface area contributed by atoms with Crippen LogP contribution in [0.2, 0.25) is 0 Å². The fourth-order valence-corrected chi connectivity index (χ4v) is 2.82. The first-order chi connectivity index (χ1) is 13.6. The molecule has 0 aliphatic rings. The molecule has 28 heavy (non-hydrogen) atoms. The Labute approximate surface area is 163 Å². The molecule has 7 heteroatoms. The van der Waals surface area contributed by atoms with Gasteiger partial charge in [-0.3, -0.25) is 9.59 Å². The molecule has 3 N–H and O–H groups in total. The minimum absolute atomic E-state index is 0.0294. The third-order valence-electron chi connectivity index (χ3n) is 4.31. The lowest BCUT2D eigenvalue weighted by Gasteiger charge is -2.18. The molecule has 1 unspecified atom stereocenters. The molecule has 1 heterocycles. The van der Waals surface area contributed by atoms with Gasteiger partial charge in [0.05, 0.1) is 29.8 Å². The summed E-state index contributed by atoms with van der Waals surface area (Å²) >= 11 is 0. The molecule has 144 valence electrons. The summed E-state index contributed by atoms with van der Waals surface area (Å²) in [5.74, 6) is -0.558. The number of hydrogen-bond acceptors (Lipinski definition) is 4. The standard InChI is InChI=1S/C21H23N5O2/c1-15-18(14-26(25-15)17-11-7-4-8-12-17)23-13-19(27)24-20(21(28)22-2)16-9-5-3-6-10-16/h3-12,14,20,23H,13H2,1-2H3,(H,22,28)(H,24,27). The van der Waals surface area contributed by atoms with Gasteiger partial charge in [0.15, 0.2) is 0 Å². The van der Waals surface area contributed by atoms with Crippen LogP contribution in [0.5, 0.6) is 0 Å². The predicted octanol–water partition coefficient (Wildman–Crippen LogP) is 2.20. The number of nitrogens with zero attached hydrogens (tertiary/aromatic N) is 2. The maximum absolute atomic E-state index is 12.4. The molecule has 0 saturated heterocycles. The normalized spacial score (nSPS) is 11.5. The number of likely N-dealkylation sites (N-methyl/N-ethyl adjacent to an activating group) is 1. The van der Waals surface area contributed by atoms with Crippen LogP contribution in [-0.2, 0) is 9.59 Å². The second kappa shape index (κ2) is 8.85. The van der Waals surface area contributed by atoms with Crippen LogP contribution < -0.4 is 16.0 Å². The molecule has 3 aromatic rings. The minimum Gasteiger partial charge on any atom is -0.373 e. The summed E-state index contributed by atoms with van der Waals surface area (Å²) in [6.07, 6.45) is 1.84. The molecule has 0 aliphatic carbocycles. The number of para-hydroxylation sites is 1. The topological polar surface area (TPSA) is 88.0 Å². The Bertz CT molecular complexity index is 938. The van der Waals surface area contributed by atoms with Crippen molar-refractivity contribution in [3.8, 4) is 5.69 Å². The van der Waals surface area contributed by atoms with Crippen molar-refractivity contribution in [2.75, 3.05) is 18.9 Å². The van der Waals surface area contributed by atoms with Crippen LogP contribution in [0.25, 0.3) is 5.69 Å². The predicted molar refractivity (Wildman–Crippen MR) is 108 cm³/mol. The number of aryl methyl sites for hydroxylation is 1. The monoisotopic (exact) mass is 377 g/mol. The molecule has 1 aromatic heterocycles. The number of rotatable bonds is 7. The Morgan fingerprint density at radius 1 is 1.04 bits per heavy atom. The smallest absolute Gasteiger partial charge is 0.246 e. The molecular formula is C21H23N5O2. The van der Waals surface area contributed by atoms with E-state index in [2.05, 4.69) is 21.0 Å². The van der Waals surface area contributed by atoms with Crippen molar-refractivity contribution in [1.82, 2.24) is 20.4 Å². The lowest BCUT2D eigenvalue weighted by atomic mass is 10.1. The van der Waals surface area contributed by atoms with E-state index >= 15 is 0 Å². The van der Waals surface area contributed by atoms with Gasteiger partial charge in [-0.05, 0) is 24.6 Å². The van der Waals surface area contributed by atoms with E-state index in [4.69, 9.17) is 0 Å². The number of amides is 2. The molecule has 2 aromatic carbocycles. The van der Waals surface area contributed by atoms with E-state index in [1.165, 1.54) is 0 Å². The van der Waals surface area contributed by atoms with Crippen LogP contribution in [0, 0.1) is 6.92 Å². The molecule has 0 saturated carbocycles. The molecular weight excluding hydrogens is 354 g/mol. The summed E-state index contributed by atoms with van der Waals surface area (Å²) in [5.41, 5.74) is 3.20. The van der Waals surface area contributed by atoms with E-state index in [1.54, 1.807) is 11.7 Å². The van der Waals surface area contributed by atoms with Crippen LogP contribution in [0.1, 0.15) is 17.3 Å². The number of carbonyl (C=O) groups excluding carboxylic acids is 2. The Morgan fingerprint density at radius 2 is 1.68 bits per heavy atom. The molecule has 3 rings (SSSR count). The quantitative estimate of drug-likeness (QED) is 0.589. The average Bonchev–Trinajstić information content (AvgIpc) is 3.12. The van der Waals surface area contributed by atoms with Gasteiger partial charge in [0.2, 0.25) is 11.8 Å². The zero-order chi connectivity index (χ0) is 19.9. The highest BCUT2D eigenvalue weighted by atomic mass is 16.2. The maximum atomic E-state index is 12.4. The Kier molecular flexibility index (Phi) is 6.06. The number of nitrogens with one attached hydrogen (secondary N) is 3. The molecule has 0 bridgehead atoms. The van der Waals surface area contributed by atoms with Crippen LogP contribution in [0.15, 0.2) is 66.9 Å². The minimum atomic E-state index is -0.742. The number of anilines is 1. The van der Waals surface area contributed by atoms with Gasteiger partial charge in [-0.2, -0.15) is 5.10 Å². The highest BCUT2D eigenvalue weighted by molar-refractivity contribution is 5.90. The van der Waals surface area contributed by atoms with E-state index in [-0.39, 0.29) is 18.4 Å². The van der Waals surface area contributed by atoms with Crippen molar-refractivity contribution < 1.29 is 9.59 Å². The Hall–Kier alpha value is -3.61. The molecule has 0 spiro atoms. The second-order valence-electron chi connectivity index (χ2n) is 6.29. The van der Waals surface area contributed by atoms with Gasteiger partial charge in [0.25, 0.3) is 0 Å². The maximum Gasteiger partial charge on any atom is 0.246 e. The Morgan fingerprint density at radius 3 is 2.32 bits per heavy atom. The van der Waals surface area contributed by atoms with Gasteiger partial charge >= 0.3 is 0 Å². The summed E-state index contributed by atoms with van der Waals surface area (Å²) in [7, 11) is 1.55. The third-order valence-corrected chi connectivity index (χ3v) is 4.31. The van der Waals surface area contributed by atoms with E-state index in [9.17, 15) is 9.59 Å². The molecule has 0 aliphatic heterocycles. The van der Waals surface area contributed by atoms with Crippen molar-refractivity contribution in [3.05, 3.63) is 78.1 Å². The second-order valence-corrected chi connectivity index (χ2v) is 6.29. The van der Waals surface area contributed by atoms with Crippen molar-refractivity contribution in [2.45, 2.75) is 13.0 Å². The largest absolute Gasteiger partial charge is 0.373 e. The van der Waals surface area contributed by atoms with Gasteiger partial charge < -0.3 is 16.0 Å². The van der Waals surface area contributed by atoms with Gasteiger partial charge in [-0.25, -0.2) is 4.68 Å². The highest BCUT2D eigenvalue weighted by Gasteiger charge is 2.21. The summed E-state index contributed by atoms with van der Waals surface area (Å²) in [6, 6.07) is 18.1. The first-order valence-corrected chi connectivity index (χ1v) is 9.00. The van der Waals surface area contributed by atoms with E-state index in [0.29, 0.717) is 0 Å². The van der Waals surface area contributed by atoms with Crippen LogP contribution in [-0.4, -0.2) is 35.2 Å². The first kappa shape index (κ1) is 19.2. The third kappa shape index (κ3) is 4.56. The molecule has 0 fully saturated rings. The number of carbonyl (C=O) groups is 2. The van der Waals surface area contributed by atoms with Crippen molar-refractivity contribution in [2.24, 2.45) is 0 Å². The van der Waals surface area contributed by atoms with Crippen LogP contribution >= 0.6 is 0 Å². The van der Waals surface area contributed by atoms with E-state index in [1.807, 2.05) is 73.8 Å². The molecule has 7 nitrogen and oxygen atoms in total. The lowest BCUT2D eigenvalue weighted by molar-refractivity contribution is -0.128. The fraction of sp³-hybridized carbons (Fsp3) is 0.190. The molecule has 1 atom stereocenters. The van der Waals surface area contributed by atoms with Gasteiger partial charge in [-0.1, -0.05) is 48.5 Å². The van der Waals surface area contributed by atoms with Gasteiger partial charge in [-0.15, -0.1) is 0 Å². The summed E-state index contributed by atoms with van der Waals surface area (Å²) in [5, 5.41) is 12.9. The summed E-state index contributed by atoms with van der Waals surface area (Å²) in [6.45, 7) is 1.90. The van der Waals surface area contributed by atoms with Gasteiger partial charge in [0, 0.05) is 7.05 Å². The number of benzene rings is 2. The molecule has 2 amide bonds. The summed E-state index contributed by atoms with van der Waals surface area (Å²) in [4.78, 5) is 24.6. The van der Waals surface area contributed by atoms with E-state index < -0.39 is 6.04 Å². The van der Waals surface area contributed by atoms with Gasteiger partial charge in [0.1, 0.15) is 6.04 Å². The Balaban J connectivity index is 1.65. The zero-order valence-corrected chi connectivity index (χ0v) is 15.8. The highest BCUT2D eigenvalue weighted by Crippen LogP contribution is 2.16. The van der Waals surface area contributed by atoms with Crippen molar-refractivity contribution >= 4 is 17.5 Å². The van der Waals surface area contributed by atoms with Crippen molar-refractivity contribution in [3.63, 3.8) is 0 Å². The lowest BCUT2D eigenvalue weighted by Crippen LogP contribution is -2.41. The summed E-state index contributed by atoms with van der Waals surface area (Å²) < 4.78 is 1.76. The number of hydrogen-bond donors (Lipinski definition) is 3. The molecule has 0 radical (unpaired) electrons. The SMILES string of the molecule is CNC(=O)C(NC(=O)CNc1cn(-c2ccccc2)nc1C)c1ccccc1.